The highest BCUT2D eigenvalue weighted by Gasteiger charge is 2.34. The van der Waals surface area contributed by atoms with Crippen molar-refractivity contribution in [2.24, 2.45) is 0 Å². The fourth-order valence-electron chi connectivity index (χ4n) is 8.79. The van der Waals surface area contributed by atoms with E-state index in [1.165, 1.54) is 123 Å². The molecule has 0 saturated carbocycles. The number of cyclic esters (lactones) is 1. The van der Waals surface area contributed by atoms with E-state index in [0.717, 1.165) is 44.1 Å². The maximum atomic E-state index is 12.9. The summed E-state index contributed by atoms with van der Waals surface area (Å²) < 4.78 is 42.8. The van der Waals surface area contributed by atoms with Crippen LogP contribution in [0.2, 0.25) is 0 Å². The Bertz CT molecular complexity index is 1810. The highest BCUT2D eigenvalue weighted by Crippen LogP contribution is 2.43. The first-order valence-electron chi connectivity index (χ1n) is 28.1. The lowest BCUT2D eigenvalue weighted by molar-refractivity contribution is -0.168. The lowest BCUT2D eigenvalue weighted by Gasteiger charge is -2.18. The molecule has 0 unspecified atom stereocenters. The third-order valence-corrected chi connectivity index (χ3v) is 13.3. The van der Waals surface area contributed by atoms with E-state index in [9.17, 15) is 33.6 Å². The largest absolute Gasteiger partial charge is 0.516 e. The number of carbonyl (C=O) groups is 7. The zero-order valence-corrected chi connectivity index (χ0v) is 45.9. The van der Waals surface area contributed by atoms with Gasteiger partial charge in [-0.3, -0.25) is 24.0 Å². The molecule has 420 valence electrons. The topological polar surface area (TPSA) is 214 Å². The molecule has 1 N–H and O–H groups in total. The van der Waals surface area contributed by atoms with Crippen molar-refractivity contribution in [1.82, 2.24) is 0 Å². The number of hydrogen-bond acceptors (Lipinski definition) is 15. The van der Waals surface area contributed by atoms with Crippen molar-refractivity contribution in [2.45, 2.75) is 252 Å². The summed E-state index contributed by atoms with van der Waals surface area (Å²) in [4.78, 5) is 87.8. The van der Waals surface area contributed by atoms with Gasteiger partial charge in [0.15, 0.2) is 11.9 Å². The average molecular weight is 1050 g/mol. The number of carboxylic acids is 1. The van der Waals surface area contributed by atoms with Crippen molar-refractivity contribution in [3.63, 3.8) is 0 Å². The van der Waals surface area contributed by atoms with Crippen LogP contribution in [0.25, 0.3) is 0 Å². The number of unbranched alkanes of at least 4 members (excludes halogenated alkanes) is 24. The molecule has 74 heavy (non-hydrogen) atoms. The summed E-state index contributed by atoms with van der Waals surface area (Å²) in [6, 6.07) is 0. The Kier molecular flexibility index (Phi) is 36.1. The van der Waals surface area contributed by atoms with Crippen LogP contribution in [0.3, 0.4) is 0 Å². The molecule has 2 rings (SSSR count). The van der Waals surface area contributed by atoms with Crippen molar-refractivity contribution < 1.29 is 76.6 Å². The molecule has 0 aromatic heterocycles. The van der Waals surface area contributed by atoms with E-state index in [1.54, 1.807) is 19.9 Å². The van der Waals surface area contributed by atoms with E-state index in [2.05, 4.69) is 13.8 Å². The summed E-state index contributed by atoms with van der Waals surface area (Å²) in [6.45, 7) is 6.32. The second-order valence-electron chi connectivity index (χ2n) is 19.6. The fourth-order valence-corrected chi connectivity index (χ4v) is 8.79. The minimum atomic E-state index is -1.31. The molecule has 0 spiro atoms. The Morgan fingerprint density at radius 2 is 1.01 bits per heavy atom. The summed E-state index contributed by atoms with van der Waals surface area (Å²) >= 11 is 0. The van der Waals surface area contributed by atoms with Gasteiger partial charge in [0.1, 0.15) is 31.1 Å². The molecule has 1 heterocycles. The van der Waals surface area contributed by atoms with Crippen molar-refractivity contribution >= 4 is 42.0 Å². The molecule has 0 bridgehead atoms. The lowest BCUT2D eigenvalue weighted by atomic mass is 9.94. The van der Waals surface area contributed by atoms with Crippen LogP contribution in [-0.2, 0) is 65.4 Å². The van der Waals surface area contributed by atoms with Gasteiger partial charge in [-0.2, -0.15) is 0 Å². The molecule has 1 aromatic rings. The molecule has 0 radical (unpaired) electrons. The predicted molar refractivity (Wildman–Crippen MR) is 281 cm³/mol. The van der Waals surface area contributed by atoms with Gasteiger partial charge in [-0.15, -0.1) is 0 Å². The minimum absolute atomic E-state index is 0.00908. The van der Waals surface area contributed by atoms with E-state index in [0.29, 0.717) is 35.3 Å². The molecule has 0 atom stereocenters. The number of ether oxygens (including phenoxy) is 8. The standard InChI is InChI=1S/C58H92O16/c1-6-8-10-12-14-16-18-20-22-24-26-28-30-32-50(61)68-40-46(41-69-51(62)33-31-29-27-25-23-21-19-17-15-13-11-9-7-2)73-53(64)39-38-52(63)71-43-72-58(66)74-56-47(36-34-44(3)35-37-49(59)60)55(67-5)45(4)48-42-70-57(65)54(48)56/h34,46H,6-33,35-43H2,1-5H3,(H,59,60)/b44-34+. The van der Waals surface area contributed by atoms with Crippen LogP contribution in [0, 0.1) is 6.92 Å². The maximum Gasteiger partial charge on any atom is 0.516 e. The Labute approximate surface area is 442 Å². The van der Waals surface area contributed by atoms with Crippen molar-refractivity contribution in [2.75, 3.05) is 27.1 Å². The molecule has 16 heteroatoms. The number of allylic oxidation sites excluding steroid dienone is 2. The van der Waals surface area contributed by atoms with Crippen molar-refractivity contribution in [3.05, 3.63) is 33.9 Å². The first-order valence-corrected chi connectivity index (χ1v) is 28.1. The summed E-state index contributed by atoms with van der Waals surface area (Å²) in [6.07, 6.45) is 29.8. The molecule has 0 saturated heterocycles. The maximum absolute atomic E-state index is 12.9. The van der Waals surface area contributed by atoms with Gasteiger partial charge in [0.2, 0.25) is 6.79 Å². The van der Waals surface area contributed by atoms with Crippen LogP contribution in [0.1, 0.15) is 253 Å². The molecule has 0 aliphatic carbocycles. The number of fused-ring (bicyclic) bond motifs is 1. The lowest BCUT2D eigenvalue weighted by Crippen LogP contribution is -2.31. The van der Waals surface area contributed by atoms with Gasteiger partial charge in [-0.05, 0) is 45.1 Å². The summed E-state index contributed by atoms with van der Waals surface area (Å²) in [5.41, 5.74) is 2.12. The SMILES string of the molecule is CCCCCCCCCCCCCCCC(=O)OCC(COC(=O)CCCCCCCCCCCCCCC)OC(=O)CCC(=O)OCOC(=O)Oc1c(C/C=C(\C)CCC(=O)O)c(OC)c(C)c2c1C(=O)OC2. The normalized spacial score (nSPS) is 12.0. The zero-order valence-electron chi connectivity index (χ0n) is 45.9. The molecule has 0 amide bonds. The van der Waals surface area contributed by atoms with Crippen LogP contribution in [0.4, 0.5) is 4.79 Å². The monoisotopic (exact) mass is 1040 g/mol. The first kappa shape index (κ1) is 65.0. The number of carboxylic acid groups (broad SMARTS) is 1. The fraction of sp³-hybridized carbons (Fsp3) is 0.741. The van der Waals surface area contributed by atoms with Crippen LogP contribution >= 0.6 is 0 Å². The summed E-state index contributed by atoms with van der Waals surface area (Å²) in [5, 5.41) is 9.09. The van der Waals surface area contributed by atoms with Gasteiger partial charge >= 0.3 is 42.0 Å². The molecule has 16 nitrogen and oxygen atoms in total. The zero-order chi connectivity index (χ0) is 54.2. The predicted octanol–water partition coefficient (Wildman–Crippen LogP) is 13.8. The van der Waals surface area contributed by atoms with E-state index in [1.807, 2.05) is 0 Å². The molecule has 1 aromatic carbocycles. The summed E-state index contributed by atoms with van der Waals surface area (Å²) in [7, 11) is 1.42. The van der Waals surface area contributed by atoms with Gasteiger partial charge in [-0.25, -0.2) is 9.59 Å². The van der Waals surface area contributed by atoms with Crippen LogP contribution in [0.5, 0.6) is 11.5 Å². The van der Waals surface area contributed by atoms with Crippen molar-refractivity contribution in [3.8, 4) is 11.5 Å². The highest BCUT2D eigenvalue weighted by atomic mass is 16.8. The van der Waals surface area contributed by atoms with Gasteiger partial charge < -0.3 is 43.0 Å². The minimum Gasteiger partial charge on any atom is -0.496 e. The van der Waals surface area contributed by atoms with Gasteiger partial charge in [0.25, 0.3) is 0 Å². The Balaban J connectivity index is 1.86. The Hall–Kier alpha value is -5.15. The number of esters is 5. The number of carbonyl (C=O) groups excluding carboxylic acids is 6. The molecule has 1 aliphatic rings. The highest BCUT2D eigenvalue weighted by molar-refractivity contribution is 5.99. The molecular weight excluding hydrogens is 953 g/mol. The number of methoxy groups -OCH3 is 1. The Morgan fingerprint density at radius 1 is 0.568 bits per heavy atom. The number of aliphatic carboxylic acids is 1. The third-order valence-electron chi connectivity index (χ3n) is 13.3. The molecule has 0 fully saturated rings. The van der Waals surface area contributed by atoms with Crippen molar-refractivity contribution in [1.29, 1.82) is 0 Å². The first-order chi connectivity index (χ1) is 35.8. The second-order valence-corrected chi connectivity index (χ2v) is 19.6. The van der Waals surface area contributed by atoms with Crippen LogP contribution in [0.15, 0.2) is 11.6 Å². The molecule has 1 aliphatic heterocycles. The van der Waals surface area contributed by atoms with Crippen LogP contribution < -0.4 is 9.47 Å². The van der Waals surface area contributed by atoms with E-state index >= 15 is 0 Å². The smallest absolute Gasteiger partial charge is 0.496 e. The van der Waals surface area contributed by atoms with Gasteiger partial charge in [0, 0.05) is 30.4 Å². The summed E-state index contributed by atoms with van der Waals surface area (Å²) in [5.74, 6) is -4.16. The van der Waals surface area contributed by atoms with E-state index < -0.39 is 67.7 Å². The van der Waals surface area contributed by atoms with Gasteiger partial charge in [0.05, 0.1) is 20.0 Å². The quantitative estimate of drug-likeness (QED) is 0.0161. The number of benzene rings is 1. The second kappa shape index (κ2) is 41.1. The van der Waals surface area contributed by atoms with E-state index in [4.69, 9.17) is 43.0 Å². The number of hydrogen-bond donors (Lipinski definition) is 1. The average Bonchev–Trinajstić information content (AvgIpc) is 3.77. The van der Waals surface area contributed by atoms with E-state index in [-0.39, 0.29) is 63.2 Å². The molecular formula is C58H92O16. The number of rotatable bonds is 45. The third kappa shape index (κ3) is 29.7. The van der Waals surface area contributed by atoms with Crippen LogP contribution in [-0.4, -0.2) is 80.3 Å². The Morgan fingerprint density at radius 3 is 1.47 bits per heavy atom. The van der Waals surface area contributed by atoms with Gasteiger partial charge in [-0.1, -0.05) is 180 Å².